The van der Waals surface area contributed by atoms with E-state index in [1.165, 1.54) is 12.8 Å². The van der Waals surface area contributed by atoms with Crippen molar-refractivity contribution in [1.82, 2.24) is 5.32 Å². The van der Waals surface area contributed by atoms with Gasteiger partial charge in [-0.1, -0.05) is 29.3 Å². The largest absolute Gasteiger partial charge is 0.396 e. The highest BCUT2D eigenvalue weighted by Gasteiger charge is 2.30. The van der Waals surface area contributed by atoms with Crippen LogP contribution in [-0.2, 0) is 6.54 Å². The van der Waals surface area contributed by atoms with Gasteiger partial charge in [-0.15, -0.1) is 0 Å². The monoisotopic (exact) mass is 273 g/mol. The SMILES string of the molecule is OCCC(NCc1ccc(Cl)c(Cl)c1)C1CC1. The van der Waals surface area contributed by atoms with Crippen molar-refractivity contribution >= 4 is 23.2 Å². The Morgan fingerprint density at radius 2 is 2.06 bits per heavy atom. The first-order valence-corrected chi connectivity index (χ1v) is 6.74. The molecule has 0 amide bonds. The summed E-state index contributed by atoms with van der Waals surface area (Å²) in [5, 5.41) is 13.7. The second kappa shape index (κ2) is 6.05. The summed E-state index contributed by atoms with van der Waals surface area (Å²) in [7, 11) is 0. The molecule has 1 aromatic carbocycles. The van der Waals surface area contributed by atoms with Crippen LogP contribution in [-0.4, -0.2) is 17.8 Å². The fraction of sp³-hybridized carbons (Fsp3) is 0.538. The van der Waals surface area contributed by atoms with Crippen molar-refractivity contribution in [1.29, 1.82) is 0 Å². The molecule has 0 bridgehead atoms. The van der Waals surface area contributed by atoms with Crippen molar-refractivity contribution in [3.8, 4) is 0 Å². The van der Waals surface area contributed by atoms with Crippen LogP contribution in [0.15, 0.2) is 18.2 Å². The lowest BCUT2D eigenvalue weighted by Crippen LogP contribution is -2.31. The molecule has 17 heavy (non-hydrogen) atoms. The topological polar surface area (TPSA) is 32.3 Å². The number of rotatable bonds is 6. The lowest BCUT2D eigenvalue weighted by molar-refractivity contribution is 0.256. The molecule has 1 atom stereocenters. The second-order valence-corrected chi connectivity index (χ2v) is 5.40. The summed E-state index contributed by atoms with van der Waals surface area (Å²) in [5.74, 6) is 0.741. The quantitative estimate of drug-likeness (QED) is 0.834. The molecule has 0 heterocycles. The first-order chi connectivity index (χ1) is 8.20. The average molecular weight is 274 g/mol. The minimum absolute atomic E-state index is 0.246. The zero-order chi connectivity index (χ0) is 12.3. The van der Waals surface area contributed by atoms with Gasteiger partial charge in [0.05, 0.1) is 10.0 Å². The number of halogens is 2. The maximum absolute atomic E-state index is 9.01. The summed E-state index contributed by atoms with van der Waals surface area (Å²) in [6.45, 7) is 1.02. The standard InChI is InChI=1S/C13H17Cl2NO/c14-11-4-1-9(7-12(11)15)8-16-13(5-6-17)10-2-3-10/h1,4,7,10,13,16-17H,2-3,5-6,8H2. The van der Waals surface area contributed by atoms with Crippen LogP contribution in [0.2, 0.25) is 10.0 Å². The summed E-state index contributed by atoms with van der Waals surface area (Å²) in [6.07, 6.45) is 3.38. The molecule has 2 nitrogen and oxygen atoms in total. The molecule has 1 saturated carbocycles. The van der Waals surface area contributed by atoms with Gasteiger partial charge in [-0.3, -0.25) is 0 Å². The number of aliphatic hydroxyl groups is 1. The molecule has 1 aliphatic carbocycles. The van der Waals surface area contributed by atoms with E-state index in [1.54, 1.807) is 0 Å². The minimum Gasteiger partial charge on any atom is -0.396 e. The van der Waals surface area contributed by atoms with Crippen LogP contribution < -0.4 is 5.32 Å². The average Bonchev–Trinajstić information content (AvgIpc) is 3.13. The van der Waals surface area contributed by atoms with Crippen molar-refractivity contribution in [2.45, 2.75) is 31.8 Å². The molecule has 0 spiro atoms. The Morgan fingerprint density at radius 3 is 2.65 bits per heavy atom. The minimum atomic E-state index is 0.246. The highest BCUT2D eigenvalue weighted by molar-refractivity contribution is 6.42. The lowest BCUT2D eigenvalue weighted by atomic mass is 10.1. The lowest BCUT2D eigenvalue weighted by Gasteiger charge is -2.17. The molecular weight excluding hydrogens is 257 g/mol. The van der Waals surface area contributed by atoms with Gasteiger partial charge in [-0.2, -0.15) is 0 Å². The third-order valence-corrected chi connectivity index (χ3v) is 3.92. The summed E-state index contributed by atoms with van der Waals surface area (Å²) in [6, 6.07) is 6.11. The zero-order valence-electron chi connectivity index (χ0n) is 9.63. The van der Waals surface area contributed by atoms with Gasteiger partial charge in [0.2, 0.25) is 0 Å². The van der Waals surface area contributed by atoms with Crippen LogP contribution >= 0.6 is 23.2 Å². The maximum atomic E-state index is 9.01. The molecule has 4 heteroatoms. The second-order valence-electron chi connectivity index (χ2n) is 4.59. The number of hydrogen-bond acceptors (Lipinski definition) is 2. The smallest absolute Gasteiger partial charge is 0.0595 e. The molecule has 94 valence electrons. The van der Waals surface area contributed by atoms with E-state index in [0.717, 1.165) is 24.4 Å². The van der Waals surface area contributed by atoms with Crippen molar-refractivity contribution in [2.75, 3.05) is 6.61 Å². The van der Waals surface area contributed by atoms with E-state index in [9.17, 15) is 0 Å². The van der Waals surface area contributed by atoms with E-state index in [1.807, 2.05) is 18.2 Å². The van der Waals surface area contributed by atoms with Crippen LogP contribution in [0, 0.1) is 5.92 Å². The maximum Gasteiger partial charge on any atom is 0.0595 e. The van der Waals surface area contributed by atoms with Gasteiger partial charge in [0.1, 0.15) is 0 Å². The molecule has 1 fully saturated rings. The molecule has 0 aliphatic heterocycles. The molecule has 1 unspecified atom stereocenters. The van der Waals surface area contributed by atoms with Crippen molar-refractivity contribution in [3.05, 3.63) is 33.8 Å². The van der Waals surface area contributed by atoms with Crippen molar-refractivity contribution in [2.24, 2.45) is 5.92 Å². The zero-order valence-corrected chi connectivity index (χ0v) is 11.1. The first kappa shape index (κ1) is 13.2. The molecule has 1 aliphatic rings. The van der Waals surface area contributed by atoms with Crippen LogP contribution in [0.4, 0.5) is 0 Å². The van der Waals surface area contributed by atoms with Gasteiger partial charge in [0, 0.05) is 19.2 Å². The third kappa shape index (κ3) is 3.85. The van der Waals surface area contributed by atoms with Gasteiger partial charge in [-0.25, -0.2) is 0 Å². The molecule has 0 radical (unpaired) electrons. The number of hydrogen-bond donors (Lipinski definition) is 2. The van der Waals surface area contributed by atoms with Crippen LogP contribution in [0.25, 0.3) is 0 Å². The summed E-state index contributed by atoms with van der Waals surface area (Å²) >= 11 is 11.8. The molecule has 2 N–H and O–H groups in total. The van der Waals surface area contributed by atoms with E-state index < -0.39 is 0 Å². The van der Waals surface area contributed by atoms with Crippen LogP contribution in [0.3, 0.4) is 0 Å². The normalized spacial score (nSPS) is 17.1. The Hall–Kier alpha value is -0.280. The fourth-order valence-corrected chi connectivity index (χ4v) is 2.36. The Balaban J connectivity index is 1.89. The summed E-state index contributed by atoms with van der Waals surface area (Å²) in [4.78, 5) is 0. The van der Waals surface area contributed by atoms with Gasteiger partial charge in [0.25, 0.3) is 0 Å². The highest BCUT2D eigenvalue weighted by atomic mass is 35.5. The van der Waals surface area contributed by atoms with Crippen molar-refractivity contribution < 1.29 is 5.11 Å². The van der Waals surface area contributed by atoms with E-state index >= 15 is 0 Å². The number of aliphatic hydroxyl groups excluding tert-OH is 1. The Labute approximate surface area is 112 Å². The summed E-state index contributed by atoms with van der Waals surface area (Å²) < 4.78 is 0. The van der Waals surface area contributed by atoms with Gasteiger partial charge in [-0.05, 0) is 42.9 Å². The van der Waals surface area contributed by atoms with E-state index in [2.05, 4.69) is 5.32 Å². The number of nitrogens with one attached hydrogen (secondary N) is 1. The van der Waals surface area contributed by atoms with E-state index in [-0.39, 0.29) is 6.61 Å². The van der Waals surface area contributed by atoms with E-state index in [0.29, 0.717) is 16.1 Å². The van der Waals surface area contributed by atoms with Crippen LogP contribution in [0.5, 0.6) is 0 Å². The molecule has 1 aromatic rings. The Morgan fingerprint density at radius 1 is 1.29 bits per heavy atom. The molecular formula is C13H17Cl2NO. The molecule has 2 rings (SSSR count). The Kier molecular flexibility index (Phi) is 4.69. The van der Waals surface area contributed by atoms with Gasteiger partial charge >= 0.3 is 0 Å². The Bertz CT molecular complexity index is 380. The predicted octanol–water partition coefficient (Wildman–Crippen LogP) is 3.24. The highest BCUT2D eigenvalue weighted by Crippen LogP contribution is 2.34. The van der Waals surface area contributed by atoms with Crippen molar-refractivity contribution in [3.63, 3.8) is 0 Å². The molecule has 0 aromatic heterocycles. The third-order valence-electron chi connectivity index (χ3n) is 3.18. The molecule has 0 saturated heterocycles. The van der Waals surface area contributed by atoms with E-state index in [4.69, 9.17) is 28.3 Å². The van der Waals surface area contributed by atoms with Crippen LogP contribution in [0.1, 0.15) is 24.8 Å². The predicted molar refractivity (Wildman–Crippen MR) is 71.5 cm³/mol. The first-order valence-electron chi connectivity index (χ1n) is 5.99. The fourth-order valence-electron chi connectivity index (χ4n) is 2.04. The van der Waals surface area contributed by atoms with Gasteiger partial charge in [0.15, 0.2) is 0 Å². The number of benzene rings is 1. The van der Waals surface area contributed by atoms with Gasteiger partial charge < -0.3 is 10.4 Å². The summed E-state index contributed by atoms with van der Waals surface area (Å²) in [5.41, 5.74) is 1.13.